The molecule has 3 rings (SSSR count). The topological polar surface area (TPSA) is 56.2 Å². The molecule has 0 aliphatic carbocycles. The van der Waals surface area contributed by atoms with Crippen LogP contribution in [0.15, 0.2) is 42.5 Å². The average Bonchev–Trinajstić information content (AvgIpc) is 3.17. The van der Waals surface area contributed by atoms with Gasteiger partial charge in [0.05, 0.1) is 17.6 Å². The Hall–Kier alpha value is -2.82. The Balaban J connectivity index is 1.53. The number of aryl methyl sites for hydroxylation is 2. The zero-order chi connectivity index (χ0) is 23.6. The van der Waals surface area contributed by atoms with Crippen LogP contribution in [0.25, 0.3) is 11.0 Å². The number of nitrogens with zero attached hydrogens (tertiary/aromatic N) is 2. The normalized spacial score (nSPS) is 11.3. The van der Waals surface area contributed by atoms with Crippen LogP contribution in [0.5, 0.6) is 5.75 Å². The summed E-state index contributed by atoms with van der Waals surface area (Å²) in [5.74, 6) is 2.42. The second-order valence-electron chi connectivity index (χ2n) is 8.83. The maximum absolute atomic E-state index is 12.1. The maximum atomic E-state index is 12.1. The van der Waals surface area contributed by atoms with Crippen molar-refractivity contribution < 1.29 is 9.53 Å². The van der Waals surface area contributed by atoms with Crippen molar-refractivity contribution in [3.05, 3.63) is 59.4 Å². The van der Waals surface area contributed by atoms with Crippen molar-refractivity contribution in [2.24, 2.45) is 5.92 Å². The van der Waals surface area contributed by atoms with Crippen molar-refractivity contribution >= 4 is 16.9 Å². The lowest BCUT2D eigenvalue weighted by Crippen LogP contribution is -2.30. The number of hydrogen-bond donors (Lipinski definition) is 1. The Morgan fingerprint density at radius 3 is 2.61 bits per heavy atom. The number of fused-ring (bicyclic) bond motifs is 1. The van der Waals surface area contributed by atoms with Gasteiger partial charge in [0.15, 0.2) is 0 Å². The van der Waals surface area contributed by atoms with Crippen LogP contribution in [-0.2, 0) is 17.8 Å². The summed E-state index contributed by atoms with van der Waals surface area (Å²) in [4.78, 5) is 17.0. The minimum absolute atomic E-state index is 0.149. The smallest absolute Gasteiger partial charge is 0.223 e. The first-order valence-corrected chi connectivity index (χ1v) is 12.5. The summed E-state index contributed by atoms with van der Waals surface area (Å²) in [5, 5.41) is 3.09. The first-order valence-electron chi connectivity index (χ1n) is 12.5. The number of aromatic nitrogens is 2. The molecule has 0 bridgehead atoms. The monoisotopic (exact) mass is 449 g/mol. The van der Waals surface area contributed by atoms with Crippen LogP contribution in [0.3, 0.4) is 0 Å². The standard InChI is InChI=1S/C28H39N3O2/c1-5-23(6-2)28(32)29-18-11-7-8-17-27-30-24-14-9-10-15-25(24)31(27)19-20-33-26-16-12-13-21(3)22(26)4/h9-10,12-16,23H,5-8,11,17-20H2,1-4H3,(H,29,32). The summed E-state index contributed by atoms with van der Waals surface area (Å²) in [7, 11) is 0. The maximum Gasteiger partial charge on any atom is 0.223 e. The fourth-order valence-corrected chi connectivity index (χ4v) is 4.29. The molecule has 1 heterocycles. The fraction of sp³-hybridized carbons (Fsp3) is 0.500. The van der Waals surface area contributed by atoms with Gasteiger partial charge in [0.25, 0.3) is 0 Å². The predicted octanol–water partition coefficient (Wildman–Crippen LogP) is 6.00. The molecular formula is C28H39N3O2. The van der Waals surface area contributed by atoms with E-state index >= 15 is 0 Å². The first kappa shape index (κ1) is 24.8. The molecule has 3 aromatic rings. The Labute approximate surface area is 198 Å². The zero-order valence-corrected chi connectivity index (χ0v) is 20.7. The van der Waals surface area contributed by atoms with Crippen LogP contribution < -0.4 is 10.1 Å². The zero-order valence-electron chi connectivity index (χ0n) is 20.7. The number of carbonyl (C=O) groups is 1. The van der Waals surface area contributed by atoms with E-state index in [0.717, 1.165) is 74.2 Å². The third-order valence-corrected chi connectivity index (χ3v) is 6.59. The Bertz CT molecular complexity index is 1040. The molecule has 1 aromatic heterocycles. The molecular weight excluding hydrogens is 410 g/mol. The van der Waals surface area contributed by atoms with Crippen molar-refractivity contribution in [2.75, 3.05) is 13.2 Å². The molecule has 0 fully saturated rings. The number of nitrogens with one attached hydrogen (secondary N) is 1. The lowest BCUT2D eigenvalue weighted by Gasteiger charge is -2.14. The summed E-state index contributed by atoms with van der Waals surface area (Å²) >= 11 is 0. The van der Waals surface area contributed by atoms with E-state index in [2.05, 4.69) is 61.8 Å². The number of hydrogen-bond acceptors (Lipinski definition) is 3. The van der Waals surface area contributed by atoms with E-state index < -0.39 is 0 Å². The quantitative estimate of drug-likeness (QED) is 0.326. The van der Waals surface area contributed by atoms with Gasteiger partial charge in [-0.2, -0.15) is 0 Å². The molecule has 0 saturated carbocycles. The molecule has 0 atom stereocenters. The van der Waals surface area contributed by atoms with Crippen LogP contribution in [0.4, 0.5) is 0 Å². The second kappa shape index (κ2) is 12.4. The van der Waals surface area contributed by atoms with Gasteiger partial charge < -0.3 is 14.6 Å². The molecule has 1 N–H and O–H groups in total. The molecule has 0 aliphatic rings. The van der Waals surface area contributed by atoms with E-state index in [1.165, 1.54) is 11.1 Å². The van der Waals surface area contributed by atoms with Crippen LogP contribution >= 0.6 is 0 Å². The van der Waals surface area contributed by atoms with Gasteiger partial charge in [-0.1, -0.05) is 44.5 Å². The van der Waals surface area contributed by atoms with E-state index in [1.807, 2.05) is 18.2 Å². The van der Waals surface area contributed by atoms with Crippen molar-refractivity contribution in [3.63, 3.8) is 0 Å². The summed E-state index contributed by atoms with van der Waals surface area (Å²) in [6.07, 6.45) is 5.88. The van der Waals surface area contributed by atoms with Crippen LogP contribution in [-0.4, -0.2) is 28.6 Å². The lowest BCUT2D eigenvalue weighted by molar-refractivity contribution is -0.125. The fourth-order valence-electron chi connectivity index (χ4n) is 4.29. The van der Waals surface area contributed by atoms with E-state index in [9.17, 15) is 4.79 Å². The number of unbranched alkanes of at least 4 members (excludes halogenated alkanes) is 2. The van der Waals surface area contributed by atoms with E-state index in [0.29, 0.717) is 6.61 Å². The summed E-state index contributed by atoms with van der Waals surface area (Å²) in [6, 6.07) is 14.5. The average molecular weight is 450 g/mol. The Kier molecular flexibility index (Phi) is 9.35. The van der Waals surface area contributed by atoms with Crippen LogP contribution in [0.2, 0.25) is 0 Å². The van der Waals surface area contributed by atoms with Gasteiger partial charge in [-0.25, -0.2) is 4.98 Å². The van der Waals surface area contributed by atoms with E-state index in [4.69, 9.17) is 9.72 Å². The number of benzene rings is 2. The highest BCUT2D eigenvalue weighted by Crippen LogP contribution is 2.22. The van der Waals surface area contributed by atoms with Crippen molar-refractivity contribution in [1.82, 2.24) is 14.9 Å². The molecule has 0 radical (unpaired) electrons. The van der Waals surface area contributed by atoms with Gasteiger partial charge in [-0.3, -0.25) is 4.79 Å². The van der Waals surface area contributed by atoms with Gasteiger partial charge >= 0.3 is 0 Å². The van der Waals surface area contributed by atoms with Crippen molar-refractivity contribution in [3.8, 4) is 5.75 Å². The Morgan fingerprint density at radius 1 is 1.03 bits per heavy atom. The molecule has 5 nitrogen and oxygen atoms in total. The molecule has 178 valence electrons. The molecule has 33 heavy (non-hydrogen) atoms. The molecule has 1 amide bonds. The van der Waals surface area contributed by atoms with Crippen LogP contribution in [0.1, 0.15) is 62.9 Å². The van der Waals surface area contributed by atoms with Gasteiger partial charge in [-0.15, -0.1) is 0 Å². The molecule has 0 spiro atoms. The van der Waals surface area contributed by atoms with E-state index in [-0.39, 0.29) is 11.8 Å². The molecule has 2 aromatic carbocycles. The van der Waals surface area contributed by atoms with Gasteiger partial charge in [0.2, 0.25) is 5.91 Å². The summed E-state index contributed by atoms with van der Waals surface area (Å²) in [6.45, 7) is 10.5. The SMILES string of the molecule is CCC(CC)C(=O)NCCCCCc1nc2ccccc2n1CCOc1cccc(C)c1C. The largest absolute Gasteiger partial charge is 0.491 e. The third-order valence-electron chi connectivity index (χ3n) is 6.59. The van der Waals surface area contributed by atoms with Crippen molar-refractivity contribution in [2.45, 2.75) is 72.8 Å². The molecule has 0 saturated heterocycles. The second-order valence-corrected chi connectivity index (χ2v) is 8.83. The van der Waals surface area contributed by atoms with Gasteiger partial charge in [0.1, 0.15) is 18.2 Å². The highest BCUT2D eigenvalue weighted by Gasteiger charge is 2.13. The highest BCUT2D eigenvalue weighted by atomic mass is 16.5. The summed E-state index contributed by atoms with van der Waals surface area (Å²) in [5.41, 5.74) is 4.65. The Morgan fingerprint density at radius 2 is 1.82 bits per heavy atom. The van der Waals surface area contributed by atoms with Crippen LogP contribution in [0, 0.1) is 19.8 Å². The molecule has 0 unspecified atom stereocenters. The predicted molar refractivity (Wildman–Crippen MR) is 136 cm³/mol. The summed E-state index contributed by atoms with van der Waals surface area (Å²) < 4.78 is 8.42. The number of amides is 1. The number of rotatable bonds is 13. The lowest BCUT2D eigenvalue weighted by atomic mass is 10.0. The number of carbonyl (C=O) groups excluding carboxylic acids is 1. The first-order chi connectivity index (χ1) is 16.0. The highest BCUT2D eigenvalue weighted by molar-refractivity contribution is 5.78. The van der Waals surface area contributed by atoms with Gasteiger partial charge in [-0.05, 0) is 68.9 Å². The van der Waals surface area contributed by atoms with Crippen molar-refractivity contribution in [1.29, 1.82) is 0 Å². The van der Waals surface area contributed by atoms with Gasteiger partial charge in [0, 0.05) is 18.9 Å². The molecule has 5 heteroatoms. The number of para-hydroxylation sites is 2. The minimum atomic E-state index is 0.149. The van der Waals surface area contributed by atoms with E-state index in [1.54, 1.807) is 0 Å². The number of imidazole rings is 1. The minimum Gasteiger partial charge on any atom is -0.491 e. The third kappa shape index (κ3) is 6.59. The molecule has 0 aliphatic heterocycles. The number of ether oxygens (including phenoxy) is 1.